The standard InChI is InChI=1S/C25H23N3O3S/c1-16-12-17(2)14-19(13-16)28-24(30)23-21(9-11-32-23)27(25(28)31)15-22(29)26-10-5-7-18-6-3-4-8-20(18)26/h3-4,6,8-9,11-14H,5,7,10,15H2,1-2H3. The number of aromatic nitrogens is 2. The van der Waals surface area contributed by atoms with Crippen LogP contribution in [0.4, 0.5) is 5.69 Å². The number of carbonyl (C=O) groups excluding carboxylic acids is 1. The van der Waals surface area contributed by atoms with Gasteiger partial charge in [0.1, 0.15) is 11.2 Å². The predicted octanol–water partition coefficient (Wildman–Crippen LogP) is 3.81. The molecule has 0 saturated carbocycles. The molecule has 0 N–H and O–H groups in total. The van der Waals surface area contributed by atoms with E-state index in [0.29, 0.717) is 22.4 Å². The van der Waals surface area contributed by atoms with Crippen LogP contribution in [-0.4, -0.2) is 21.6 Å². The molecule has 1 aliphatic heterocycles. The molecule has 1 aliphatic rings. The Hall–Kier alpha value is -3.45. The SMILES string of the molecule is Cc1cc(C)cc(-n2c(=O)c3sccc3n(CC(=O)N3CCCc4ccccc43)c2=O)c1. The predicted molar refractivity (Wildman–Crippen MR) is 128 cm³/mol. The molecule has 0 saturated heterocycles. The molecular formula is C25H23N3O3S. The van der Waals surface area contributed by atoms with E-state index in [4.69, 9.17) is 0 Å². The molecule has 2 aromatic carbocycles. The van der Waals surface area contributed by atoms with Crippen molar-refractivity contribution in [3.63, 3.8) is 0 Å². The van der Waals surface area contributed by atoms with Gasteiger partial charge in [-0.25, -0.2) is 9.36 Å². The first-order valence-electron chi connectivity index (χ1n) is 10.6. The van der Waals surface area contributed by atoms with Crippen LogP contribution in [0.3, 0.4) is 0 Å². The Kier molecular flexibility index (Phi) is 5.06. The molecule has 0 radical (unpaired) electrons. The van der Waals surface area contributed by atoms with Gasteiger partial charge in [0.2, 0.25) is 5.91 Å². The van der Waals surface area contributed by atoms with Crippen molar-refractivity contribution >= 4 is 33.1 Å². The van der Waals surface area contributed by atoms with Gasteiger partial charge in [-0.05, 0) is 73.0 Å². The van der Waals surface area contributed by atoms with Crippen LogP contribution >= 0.6 is 11.3 Å². The fourth-order valence-electron chi connectivity index (χ4n) is 4.56. The summed E-state index contributed by atoms with van der Waals surface area (Å²) < 4.78 is 3.09. The molecule has 0 bridgehead atoms. The molecule has 0 atom stereocenters. The number of para-hydroxylation sites is 1. The van der Waals surface area contributed by atoms with Gasteiger partial charge >= 0.3 is 5.69 Å². The fraction of sp³-hybridized carbons (Fsp3) is 0.240. The quantitative estimate of drug-likeness (QED) is 0.482. The van der Waals surface area contributed by atoms with Crippen LogP contribution in [0.2, 0.25) is 0 Å². The van der Waals surface area contributed by atoms with Gasteiger partial charge in [-0.1, -0.05) is 24.3 Å². The van der Waals surface area contributed by atoms with Gasteiger partial charge in [-0.3, -0.25) is 14.2 Å². The number of carbonyl (C=O) groups is 1. The summed E-state index contributed by atoms with van der Waals surface area (Å²) in [6.45, 7) is 4.36. The third-order valence-electron chi connectivity index (χ3n) is 5.92. The molecule has 7 heteroatoms. The van der Waals surface area contributed by atoms with Crippen molar-refractivity contribution < 1.29 is 4.79 Å². The summed E-state index contributed by atoms with van der Waals surface area (Å²) in [5, 5.41) is 1.79. The normalized spacial score (nSPS) is 13.4. The van der Waals surface area contributed by atoms with Crippen molar-refractivity contribution in [3.05, 3.63) is 91.4 Å². The molecule has 6 nitrogen and oxygen atoms in total. The van der Waals surface area contributed by atoms with E-state index in [9.17, 15) is 14.4 Å². The van der Waals surface area contributed by atoms with Gasteiger partial charge in [-0.15, -0.1) is 11.3 Å². The molecule has 2 aromatic heterocycles. The zero-order chi connectivity index (χ0) is 22.4. The van der Waals surface area contributed by atoms with Gasteiger partial charge in [0, 0.05) is 12.2 Å². The second-order valence-electron chi connectivity index (χ2n) is 8.27. The number of thiophene rings is 1. The highest BCUT2D eigenvalue weighted by Crippen LogP contribution is 2.27. The third-order valence-corrected chi connectivity index (χ3v) is 6.82. The second kappa shape index (κ2) is 7.91. The minimum atomic E-state index is -0.496. The van der Waals surface area contributed by atoms with Gasteiger partial charge in [0.25, 0.3) is 5.56 Å². The summed E-state index contributed by atoms with van der Waals surface area (Å²) in [7, 11) is 0. The number of amides is 1. The fourth-order valence-corrected chi connectivity index (χ4v) is 5.38. The number of hydrogen-bond acceptors (Lipinski definition) is 4. The van der Waals surface area contributed by atoms with E-state index in [-0.39, 0.29) is 18.0 Å². The summed E-state index contributed by atoms with van der Waals surface area (Å²) in [6, 6.07) is 15.3. The molecule has 5 rings (SSSR count). The van der Waals surface area contributed by atoms with Gasteiger partial charge in [-0.2, -0.15) is 0 Å². The highest BCUT2D eigenvalue weighted by Gasteiger charge is 2.24. The van der Waals surface area contributed by atoms with Crippen LogP contribution in [0.25, 0.3) is 15.9 Å². The number of fused-ring (bicyclic) bond motifs is 2. The Morgan fingerprint density at radius 2 is 1.78 bits per heavy atom. The highest BCUT2D eigenvalue weighted by molar-refractivity contribution is 7.17. The smallest absolute Gasteiger partial charge is 0.311 e. The number of benzene rings is 2. The summed E-state index contributed by atoms with van der Waals surface area (Å²) in [6.07, 6.45) is 1.82. The van der Waals surface area contributed by atoms with E-state index in [2.05, 4.69) is 0 Å². The first-order valence-corrected chi connectivity index (χ1v) is 11.5. The summed E-state index contributed by atoms with van der Waals surface area (Å²) in [5.41, 5.74) is 4.15. The molecule has 0 aliphatic carbocycles. The van der Waals surface area contributed by atoms with Crippen molar-refractivity contribution in [2.45, 2.75) is 33.2 Å². The number of nitrogens with zero attached hydrogens (tertiary/aromatic N) is 3. The first kappa shape index (κ1) is 20.5. The number of anilines is 1. The van der Waals surface area contributed by atoms with Crippen molar-refractivity contribution in [3.8, 4) is 5.69 Å². The van der Waals surface area contributed by atoms with Crippen molar-refractivity contribution in [2.24, 2.45) is 0 Å². The Morgan fingerprint density at radius 1 is 1.03 bits per heavy atom. The molecule has 3 heterocycles. The van der Waals surface area contributed by atoms with Crippen molar-refractivity contribution in [1.82, 2.24) is 9.13 Å². The molecule has 1 amide bonds. The van der Waals surface area contributed by atoms with Crippen molar-refractivity contribution in [1.29, 1.82) is 0 Å². The average Bonchev–Trinajstić information content (AvgIpc) is 3.26. The number of hydrogen-bond donors (Lipinski definition) is 0. The average molecular weight is 446 g/mol. The molecule has 0 fully saturated rings. The second-order valence-corrected chi connectivity index (χ2v) is 9.18. The molecule has 162 valence electrons. The minimum Gasteiger partial charge on any atom is -0.311 e. The van der Waals surface area contributed by atoms with Gasteiger partial charge in [0.15, 0.2) is 0 Å². The Balaban J connectivity index is 1.64. The minimum absolute atomic E-state index is 0.120. The van der Waals surface area contributed by atoms with E-state index in [1.807, 2.05) is 56.3 Å². The zero-order valence-corrected chi connectivity index (χ0v) is 18.8. The van der Waals surface area contributed by atoms with E-state index >= 15 is 0 Å². The molecular weight excluding hydrogens is 422 g/mol. The zero-order valence-electron chi connectivity index (χ0n) is 18.0. The molecule has 32 heavy (non-hydrogen) atoms. The molecule has 0 unspecified atom stereocenters. The maximum absolute atomic E-state index is 13.5. The third kappa shape index (κ3) is 3.39. The Morgan fingerprint density at radius 3 is 2.56 bits per heavy atom. The number of aryl methyl sites for hydroxylation is 3. The van der Waals surface area contributed by atoms with Crippen LogP contribution in [0.15, 0.2) is 63.5 Å². The van der Waals surface area contributed by atoms with Crippen LogP contribution in [0.1, 0.15) is 23.1 Å². The van der Waals surface area contributed by atoms with Gasteiger partial charge in [0.05, 0.1) is 11.2 Å². The van der Waals surface area contributed by atoms with Crippen LogP contribution in [0, 0.1) is 13.8 Å². The van der Waals surface area contributed by atoms with E-state index in [0.717, 1.165) is 35.2 Å². The maximum Gasteiger partial charge on any atom is 0.336 e. The lowest BCUT2D eigenvalue weighted by Crippen LogP contribution is -2.43. The van der Waals surface area contributed by atoms with Crippen LogP contribution < -0.4 is 16.1 Å². The molecule has 4 aromatic rings. The topological polar surface area (TPSA) is 64.3 Å². The van der Waals surface area contributed by atoms with Crippen molar-refractivity contribution in [2.75, 3.05) is 11.4 Å². The van der Waals surface area contributed by atoms with E-state index in [1.165, 1.54) is 20.5 Å². The highest BCUT2D eigenvalue weighted by atomic mass is 32.1. The van der Waals surface area contributed by atoms with Gasteiger partial charge < -0.3 is 4.90 Å². The Bertz CT molecular complexity index is 1460. The number of rotatable bonds is 3. The largest absolute Gasteiger partial charge is 0.336 e. The van der Waals surface area contributed by atoms with E-state index < -0.39 is 5.69 Å². The summed E-state index contributed by atoms with van der Waals surface area (Å²) in [5.74, 6) is -0.155. The van der Waals surface area contributed by atoms with E-state index in [1.54, 1.807) is 16.3 Å². The summed E-state index contributed by atoms with van der Waals surface area (Å²) >= 11 is 1.29. The summed E-state index contributed by atoms with van der Waals surface area (Å²) in [4.78, 5) is 41.9. The lowest BCUT2D eigenvalue weighted by molar-refractivity contribution is -0.119. The first-order chi connectivity index (χ1) is 15.4. The Labute approximate surface area is 189 Å². The van der Waals surface area contributed by atoms with Crippen LogP contribution in [-0.2, 0) is 17.8 Å². The lowest BCUT2D eigenvalue weighted by atomic mass is 10.0. The molecule has 0 spiro atoms. The van der Waals surface area contributed by atoms with Crippen LogP contribution in [0.5, 0.6) is 0 Å². The lowest BCUT2D eigenvalue weighted by Gasteiger charge is -2.29. The maximum atomic E-state index is 13.5. The monoisotopic (exact) mass is 445 g/mol.